The van der Waals surface area contributed by atoms with Crippen LogP contribution < -0.4 is 0 Å². The van der Waals surface area contributed by atoms with E-state index in [2.05, 4.69) is 5.10 Å². The monoisotopic (exact) mass is 448 g/mol. The Morgan fingerprint density at radius 2 is 1.70 bits per heavy atom. The van der Waals surface area contributed by atoms with Crippen LogP contribution in [0.25, 0.3) is 5.69 Å². The van der Waals surface area contributed by atoms with Crippen LogP contribution in [-0.2, 0) is 20.8 Å². The first kappa shape index (κ1) is 19.6. The van der Waals surface area contributed by atoms with Crippen molar-refractivity contribution in [2.24, 2.45) is 11.8 Å². The molecule has 6 rings (SSSR count). The van der Waals surface area contributed by atoms with Crippen molar-refractivity contribution in [3.63, 3.8) is 0 Å². The van der Waals surface area contributed by atoms with Gasteiger partial charge in [0.2, 0.25) is 0 Å². The fourth-order valence-corrected chi connectivity index (χ4v) is 6.39. The van der Waals surface area contributed by atoms with E-state index < -0.39 is 0 Å². The lowest BCUT2D eigenvalue weighted by molar-refractivity contribution is -0.238. The van der Waals surface area contributed by atoms with E-state index in [9.17, 15) is 0 Å². The third-order valence-electron chi connectivity index (χ3n) is 7.36. The van der Waals surface area contributed by atoms with Crippen molar-refractivity contribution in [2.75, 3.05) is 13.2 Å². The molecule has 30 heavy (non-hydrogen) atoms. The van der Waals surface area contributed by atoms with Gasteiger partial charge >= 0.3 is 0 Å². The third-order valence-corrected chi connectivity index (χ3v) is 7.97. The molecular formula is C23H26Cl2N2O3. The van der Waals surface area contributed by atoms with E-state index >= 15 is 0 Å². The predicted octanol–water partition coefficient (Wildman–Crippen LogP) is 5.50. The zero-order valence-electron chi connectivity index (χ0n) is 16.9. The highest BCUT2D eigenvalue weighted by Gasteiger charge is 2.58. The summed E-state index contributed by atoms with van der Waals surface area (Å²) in [4.78, 5) is 0. The maximum atomic E-state index is 6.51. The van der Waals surface area contributed by atoms with Gasteiger partial charge in [-0.15, -0.1) is 0 Å². The SMILES string of the molecule is Clc1cccc(Cl)c1-n1ncc(C2CC2)c1CO[C@H]1C[C@H]2CC[C@@H](C1)C21OCCO1. The molecule has 1 spiro atoms. The number of aromatic nitrogens is 2. The van der Waals surface area contributed by atoms with Crippen molar-refractivity contribution >= 4 is 23.2 Å². The summed E-state index contributed by atoms with van der Waals surface area (Å²) in [6.45, 7) is 1.97. The van der Waals surface area contributed by atoms with Gasteiger partial charge in [0.1, 0.15) is 5.69 Å². The lowest BCUT2D eigenvalue weighted by atomic mass is 9.81. The summed E-state index contributed by atoms with van der Waals surface area (Å²) in [7, 11) is 0. The largest absolute Gasteiger partial charge is 0.372 e. The number of halogens is 2. The van der Waals surface area contributed by atoms with Crippen LogP contribution in [0.15, 0.2) is 24.4 Å². The Balaban J connectivity index is 1.24. The molecule has 3 atom stereocenters. The number of nitrogens with zero attached hydrogens (tertiary/aromatic N) is 2. The van der Waals surface area contributed by atoms with Crippen LogP contribution in [0.2, 0.25) is 10.0 Å². The fraction of sp³-hybridized carbons (Fsp3) is 0.609. The number of ether oxygens (including phenoxy) is 3. The summed E-state index contributed by atoms with van der Waals surface area (Å²) in [6.07, 6.45) is 8.94. The van der Waals surface area contributed by atoms with Crippen molar-refractivity contribution in [2.45, 2.75) is 62.9 Å². The van der Waals surface area contributed by atoms with Gasteiger partial charge in [-0.2, -0.15) is 5.10 Å². The number of hydrogen-bond donors (Lipinski definition) is 0. The molecule has 4 aliphatic rings. The summed E-state index contributed by atoms with van der Waals surface area (Å²) in [5.74, 6) is 1.13. The van der Waals surface area contributed by atoms with Gasteiger partial charge in [0.25, 0.3) is 0 Å². The average molecular weight is 449 g/mol. The van der Waals surface area contributed by atoms with Crippen LogP contribution in [0.3, 0.4) is 0 Å². The molecule has 2 heterocycles. The Bertz CT molecular complexity index is 916. The fourth-order valence-electron chi connectivity index (χ4n) is 5.83. The molecule has 1 saturated heterocycles. The Hall–Kier alpha value is -1.11. The highest BCUT2D eigenvalue weighted by molar-refractivity contribution is 6.37. The first-order valence-corrected chi connectivity index (χ1v) is 11.8. The number of rotatable bonds is 5. The van der Waals surface area contributed by atoms with Crippen molar-refractivity contribution in [1.29, 1.82) is 0 Å². The molecule has 1 aromatic heterocycles. The van der Waals surface area contributed by atoms with Crippen LogP contribution in [0.1, 0.15) is 55.7 Å². The molecule has 0 unspecified atom stereocenters. The van der Waals surface area contributed by atoms with Crippen molar-refractivity contribution in [1.82, 2.24) is 9.78 Å². The third kappa shape index (κ3) is 3.13. The maximum Gasteiger partial charge on any atom is 0.174 e. The van der Waals surface area contributed by atoms with Gasteiger partial charge in [-0.25, -0.2) is 4.68 Å². The van der Waals surface area contributed by atoms with E-state index in [0.717, 1.165) is 37.4 Å². The molecule has 0 radical (unpaired) electrons. The van der Waals surface area contributed by atoms with Crippen molar-refractivity contribution < 1.29 is 14.2 Å². The second-order valence-corrected chi connectivity index (χ2v) is 9.91. The molecule has 4 fully saturated rings. The first-order valence-electron chi connectivity index (χ1n) is 11.1. The maximum absolute atomic E-state index is 6.51. The van der Waals surface area contributed by atoms with Gasteiger partial charge in [0, 0.05) is 11.8 Å². The van der Waals surface area contributed by atoms with Crippen LogP contribution in [0, 0.1) is 11.8 Å². The van der Waals surface area contributed by atoms with Gasteiger partial charge in [-0.3, -0.25) is 0 Å². The minimum Gasteiger partial charge on any atom is -0.372 e. The van der Waals surface area contributed by atoms with Crippen LogP contribution in [-0.4, -0.2) is 34.9 Å². The standard InChI is InChI=1S/C23H26Cl2N2O3/c24-19-2-1-3-20(25)22(19)27-21(18(12-26-27)14-4-5-14)13-28-17-10-15-6-7-16(11-17)23(15)29-8-9-30-23/h1-3,12,14-17H,4-11,13H2/t15-,16+,17+. The summed E-state index contributed by atoms with van der Waals surface area (Å²) in [5, 5.41) is 5.86. The van der Waals surface area contributed by atoms with Gasteiger partial charge < -0.3 is 14.2 Å². The minimum absolute atomic E-state index is 0.220. The highest BCUT2D eigenvalue weighted by atomic mass is 35.5. The highest BCUT2D eigenvalue weighted by Crippen LogP contribution is 2.54. The van der Waals surface area contributed by atoms with E-state index in [1.165, 1.54) is 31.2 Å². The summed E-state index contributed by atoms with van der Waals surface area (Å²) in [5.41, 5.74) is 3.08. The normalized spacial score (nSPS) is 29.7. The molecular weight excluding hydrogens is 423 g/mol. The van der Waals surface area contributed by atoms with Gasteiger partial charge in [0.05, 0.1) is 47.9 Å². The predicted molar refractivity (Wildman–Crippen MR) is 114 cm³/mol. The lowest BCUT2D eigenvalue weighted by Crippen LogP contribution is -2.47. The van der Waals surface area contributed by atoms with Crippen LogP contribution in [0.4, 0.5) is 0 Å². The smallest absolute Gasteiger partial charge is 0.174 e. The van der Waals surface area contributed by atoms with Crippen molar-refractivity contribution in [3.05, 3.63) is 45.7 Å². The second-order valence-electron chi connectivity index (χ2n) is 9.10. The summed E-state index contributed by atoms with van der Waals surface area (Å²) in [6, 6.07) is 5.56. The molecule has 160 valence electrons. The molecule has 1 aliphatic heterocycles. The molecule has 5 nitrogen and oxygen atoms in total. The zero-order valence-corrected chi connectivity index (χ0v) is 18.4. The van der Waals surface area contributed by atoms with Crippen molar-refractivity contribution in [3.8, 4) is 5.69 Å². The van der Waals surface area contributed by atoms with Gasteiger partial charge in [-0.1, -0.05) is 29.3 Å². The van der Waals surface area contributed by atoms with E-state index in [1.807, 2.05) is 29.1 Å². The number of benzene rings is 1. The molecule has 7 heteroatoms. The molecule has 3 saturated carbocycles. The average Bonchev–Trinajstić information content (AvgIpc) is 3.28. The second kappa shape index (κ2) is 7.49. The molecule has 0 amide bonds. The molecule has 3 aliphatic carbocycles. The molecule has 1 aromatic carbocycles. The Kier molecular flexibility index (Phi) is 4.88. The van der Waals surface area contributed by atoms with Gasteiger partial charge in [0.15, 0.2) is 5.79 Å². The van der Waals surface area contributed by atoms with Gasteiger partial charge in [-0.05, 0) is 62.1 Å². The minimum atomic E-state index is -0.327. The molecule has 0 N–H and O–H groups in total. The molecule has 2 aromatic rings. The van der Waals surface area contributed by atoms with Crippen LogP contribution >= 0.6 is 23.2 Å². The Morgan fingerprint density at radius 3 is 2.33 bits per heavy atom. The lowest BCUT2D eigenvalue weighted by Gasteiger charge is -2.41. The summed E-state index contributed by atoms with van der Waals surface area (Å²) < 4.78 is 20.6. The molecule has 2 bridgehead atoms. The van der Waals surface area contributed by atoms with E-state index in [4.69, 9.17) is 37.4 Å². The Labute approximate surface area is 186 Å². The zero-order chi connectivity index (χ0) is 20.3. The van der Waals surface area contributed by atoms with Crippen LogP contribution in [0.5, 0.6) is 0 Å². The Morgan fingerprint density at radius 1 is 1.03 bits per heavy atom. The van der Waals surface area contributed by atoms with E-state index in [0.29, 0.717) is 34.4 Å². The van der Waals surface area contributed by atoms with E-state index in [-0.39, 0.29) is 11.9 Å². The summed E-state index contributed by atoms with van der Waals surface area (Å²) >= 11 is 13.0. The van der Waals surface area contributed by atoms with E-state index in [1.54, 1.807) is 0 Å². The first-order chi connectivity index (χ1) is 14.7. The number of para-hydroxylation sites is 1. The number of hydrogen-bond acceptors (Lipinski definition) is 4. The quantitative estimate of drug-likeness (QED) is 0.605. The topological polar surface area (TPSA) is 45.5 Å².